The maximum absolute atomic E-state index is 13.4. The van der Waals surface area contributed by atoms with Crippen LogP contribution in [0.4, 0.5) is 22.4 Å². The number of rotatable bonds is 3. The molecule has 1 aromatic carbocycles. The van der Waals surface area contributed by atoms with E-state index >= 15 is 0 Å². The van der Waals surface area contributed by atoms with E-state index in [9.17, 15) is 22.4 Å². The molecule has 3 nitrogen and oxygen atoms in total. The van der Waals surface area contributed by atoms with Gasteiger partial charge in [0, 0.05) is 18.5 Å². The minimum absolute atomic E-state index is 0.00564. The van der Waals surface area contributed by atoms with Crippen molar-refractivity contribution < 1.29 is 22.4 Å². The Hall–Kier alpha value is -1.79. The zero-order chi connectivity index (χ0) is 16.0. The maximum Gasteiger partial charge on any atom is 0.416 e. The van der Waals surface area contributed by atoms with Gasteiger partial charge in [0.1, 0.15) is 6.17 Å². The summed E-state index contributed by atoms with van der Waals surface area (Å²) in [5.41, 5.74) is -0.838. The Labute approximate surface area is 125 Å². The third-order valence-corrected chi connectivity index (χ3v) is 4.49. The molecule has 3 saturated carbocycles. The molecule has 2 bridgehead atoms. The molecule has 0 unspecified atom stereocenters. The van der Waals surface area contributed by atoms with Gasteiger partial charge in [0.15, 0.2) is 0 Å². The molecule has 0 heterocycles. The van der Waals surface area contributed by atoms with Crippen molar-refractivity contribution in [2.24, 2.45) is 5.92 Å². The lowest BCUT2D eigenvalue weighted by Gasteiger charge is -2.38. The monoisotopic (exact) mass is 316 g/mol. The molecule has 0 aromatic heterocycles. The van der Waals surface area contributed by atoms with Gasteiger partial charge in [-0.2, -0.15) is 13.2 Å². The first kappa shape index (κ1) is 15.1. The number of alkyl halides is 4. The molecule has 7 heteroatoms. The molecular formula is C15H16F4N2O. The second-order valence-electron chi connectivity index (χ2n) is 6.17. The summed E-state index contributed by atoms with van der Waals surface area (Å²) in [5.74, 6) is 0.0452. The van der Waals surface area contributed by atoms with Crippen molar-refractivity contribution in [2.45, 2.75) is 43.7 Å². The summed E-state index contributed by atoms with van der Waals surface area (Å²) in [7, 11) is 0. The van der Waals surface area contributed by atoms with E-state index < -0.39 is 29.5 Å². The molecule has 22 heavy (non-hydrogen) atoms. The molecule has 0 aliphatic heterocycles. The second-order valence-corrected chi connectivity index (χ2v) is 6.17. The summed E-state index contributed by atoms with van der Waals surface area (Å²) in [4.78, 5) is 11.8. The molecule has 3 aliphatic rings. The number of fused-ring (bicyclic) bond motifs is 1. The number of carbonyl (C=O) groups excluding carboxylic acids is 1. The number of carbonyl (C=O) groups is 1. The van der Waals surface area contributed by atoms with Crippen LogP contribution in [0.3, 0.4) is 0 Å². The topological polar surface area (TPSA) is 41.1 Å². The van der Waals surface area contributed by atoms with E-state index in [1.54, 1.807) is 0 Å². The van der Waals surface area contributed by atoms with Crippen LogP contribution in [0.15, 0.2) is 24.3 Å². The van der Waals surface area contributed by atoms with Crippen LogP contribution in [-0.4, -0.2) is 17.7 Å². The summed E-state index contributed by atoms with van der Waals surface area (Å²) < 4.78 is 51.2. The molecule has 3 fully saturated rings. The summed E-state index contributed by atoms with van der Waals surface area (Å²) >= 11 is 0. The molecule has 0 saturated heterocycles. The molecule has 0 spiro atoms. The van der Waals surface area contributed by atoms with Gasteiger partial charge in [-0.15, -0.1) is 0 Å². The van der Waals surface area contributed by atoms with Gasteiger partial charge in [0.2, 0.25) is 0 Å². The van der Waals surface area contributed by atoms with Crippen molar-refractivity contribution in [3.8, 4) is 0 Å². The number of amides is 2. The number of halogens is 4. The van der Waals surface area contributed by atoms with Crippen molar-refractivity contribution in [1.29, 1.82) is 0 Å². The highest BCUT2D eigenvalue weighted by atomic mass is 19.4. The Morgan fingerprint density at radius 3 is 2.59 bits per heavy atom. The van der Waals surface area contributed by atoms with Gasteiger partial charge in [0.05, 0.1) is 5.56 Å². The van der Waals surface area contributed by atoms with Crippen LogP contribution in [0.1, 0.15) is 30.4 Å². The molecular weight excluding hydrogens is 300 g/mol. The SMILES string of the molecule is O=C(NCc1cccc(C(F)(F)F)c1)NC12CC(C1)[C@@H](F)C2. The summed E-state index contributed by atoms with van der Waals surface area (Å²) in [5, 5.41) is 5.28. The quantitative estimate of drug-likeness (QED) is 0.825. The average Bonchev–Trinajstić information content (AvgIpc) is 2.87. The van der Waals surface area contributed by atoms with Crippen LogP contribution in [-0.2, 0) is 12.7 Å². The molecule has 2 N–H and O–H groups in total. The number of nitrogens with one attached hydrogen (secondary N) is 2. The normalized spacial score (nSPS) is 29.8. The third-order valence-electron chi connectivity index (χ3n) is 4.49. The minimum atomic E-state index is -4.40. The average molecular weight is 316 g/mol. The maximum atomic E-state index is 13.4. The van der Waals surface area contributed by atoms with Crippen LogP contribution in [0.25, 0.3) is 0 Å². The Balaban J connectivity index is 1.53. The zero-order valence-electron chi connectivity index (χ0n) is 11.7. The fraction of sp³-hybridized carbons (Fsp3) is 0.533. The highest BCUT2D eigenvalue weighted by Gasteiger charge is 2.57. The molecule has 0 radical (unpaired) electrons. The number of urea groups is 1. The van der Waals surface area contributed by atoms with Crippen LogP contribution in [0.5, 0.6) is 0 Å². The van der Waals surface area contributed by atoms with E-state index in [1.807, 2.05) is 0 Å². The standard InChI is InChI=1S/C15H16F4N2O/c16-12-7-14(5-10(12)6-14)21-13(22)20-8-9-2-1-3-11(4-9)15(17,18)19/h1-4,10,12H,5-8H2,(H2,20,21,22)/t10?,12-,14?/m0/s1. The fourth-order valence-electron chi connectivity index (χ4n) is 3.38. The van der Waals surface area contributed by atoms with Crippen molar-refractivity contribution in [1.82, 2.24) is 10.6 Å². The lowest BCUT2D eigenvalue weighted by Crippen LogP contribution is -2.54. The van der Waals surface area contributed by atoms with Crippen LogP contribution in [0, 0.1) is 5.92 Å². The van der Waals surface area contributed by atoms with Crippen molar-refractivity contribution >= 4 is 6.03 Å². The number of hydrogen-bond acceptors (Lipinski definition) is 1. The Kier molecular flexibility index (Phi) is 3.53. The lowest BCUT2D eigenvalue weighted by atomic mass is 9.77. The van der Waals surface area contributed by atoms with Gasteiger partial charge >= 0.3 is 12.2 Å². The van der Waals surface area contributed by atoms with Crippen LogP contribution < -0.4 is 10.6 Å². The first-order valence-corrected chi connectivity index (χ1v) is 7.14. The highest BCUT2D eigenvalue weighted by Crippen LogP contribution is 2.53. The van der Waals surface area contributed by atoms with E-state index in [0.717, 1.165) is 12.1 Å². The summed E-state index contributed by atoms with van der Waals surface area (Å²) in [6.45, 7) is -0.00564. The van der Waals surface area contributed by atoms with Gasteiger partial charge in [-0.3, -0.25) is 0 Å². The molecule has 120 valence electrons. The first-order valence-electron chi connectivity index (χ1n) is 7.14. The van der Waals surface area contributed by atoms with Crippen LogP contribution in [0.2, 0.25) is 0 Å². The van der Waals surface area contributed by atoms with Gasteiger partial charge in [-0.05, 0) is 36.5 Å². The zero-order valence-corrected chi connectivity index (χ0v) is 11.7. The molecule has 4 rings (SSSR count). The van der Waals surface area contributed by atoms with E-state index in [1.165, 1.54) is 12.1 Å². The van der Waals surface area contributed by atoms with E-state index in [2.05, 4.69) is 10.6 Å². The first-order chi connectivity index (χ1) is 10.3. The lowest BCUT2D eigenvalue weighted by molar-refractivity contribution is -0.137. The minimum Gasteiger partial charge on any atom is -0.334 e. The molecule has 2 amide bonds. The van der Waals surface area contributed by atoms with E-state index in [0.29, 0.717) is 24.8 Å². The Morgan fingerprint density at radius 1 is 1.27 bits per heavy atom. The predicted molar refractivity (Wildman–Crippen MR) is 71.8 cm³/mol. The molecule has 1 atom stereocenters. The fourth-order valence-corrected chi connectivity index (χ4v) is 3.38. The van der Waals surface area contributed by atoms with Gasteiger partial charge < -0.3 is 10.6 Å². The molecule has 1 aromatic rings. The predicted octanol–water partition coefficient (Wildman–Crippen LogP) is 3.40. The van der Waals surface area contributed by atoms with Crippen molar-refractivity contribution in [3.63, 3.8) is 0 Å². The largest absolute Gasteiger partial charge is 0.416 e. The van der Waals surface area contributed by atoms with E-state index in [4.69, 9.17) is 0 Å². The van der Waals surface area contributed by atoms with Gasteiger partial charge in [-0.25, -0.2) is 9.18 Å². The van der Waals surface area contributed by atoms with Crippen molar-refractivity contribution in [2.75, 3.05) is 0 Å². The third kappa shape index (κ3) is 2.89. The Bertz CT molecular complexity index is 581. The highest BCUT2D eigenvalue weighted by molar-refractivity contribution is 5.75. The van der Waals surface area contributed by atoms with Crippen molar-refractivity contribution in [3.05, 3.63) is 35.4 Å². The van der Waals surface area contributed by atoms with Crippen LogP contribution >= 0.6 is 0 Å². The summed E-state index contributed by atoms with van der Waals surface area (Å²) in [6, 6.07) is 4.34. The number of benzene rings is 1. The molecule has 3 aliphatic carbocycles. The Morgan fingerprint density at radius 2 is 2.00 bits per heavy atom. The summed E-state index contributed by atoms with van der Waals surface area (Å²) in [6.07, 6.45) is -3.65. The van der Waals surface area contributed by atoms with E-state index in [-0.39, 0.29) is 12.5 Å². The van der Waals surface area contributed by atoms with Gasteiger partial charge in [0.25, 0.3) is 0 Å². The second kappa shape index (κ2) is 5.14. The van der Waals surface area contributed by atoms with Gasteiger partial charge in [-0.1, -0.05) is 12.1 Å². The number of hydrogen-bond donors (Lipinski definition) is 2. The smallest absolute Gasteiger partial charge is 0.334 e.